The highest BCUT2D eigenvalue weighted by atomic mass is 35.5. The highest BCUT2D eigenvalue weighted by molar-refractivity contribution is 7.09. The molecule has 8 heteroatoms. The first kappa shape index (κ1) is 18.6. The fraction of sp³-hybridized carbons (Fsp3) is 0.250. The van der Waals surface area contributed by atoms with Gasteiger partial charge in [-0.1, -0.05) is 29.3 Å². The van der Waals surface area contributed by atoms with Gasteiger partial charge in [-0.2, -0.15) is 0 Å². The number of rotatable bonds is 7. The minimum absolute atomic E-state index is 0.288. The van der Waals surface area contributed by atoms with E-state index in [2.05, 4.69) is 5.32 Å². The van der Waals surface area contributed by atoms with Gasteiger partial charge in [0.25, 0.3) is 5.91 Å². The molecule has 0 spiro atoms. The zero-order valence-corrected chi connectivity index (χ0v) is 15.1. The normalized spacial score (nSPS) is 11.6. The van der Waals surface area contributed by atoms with Crippen molar-refractivity contribution in [2.75, 3.05) is 6.61 Å². The Balaban J connectivity index is 1.75. The molecular weight excluding hydrogens is 373 g/mol. The summed E-state index contributed by atoms with van der Waals surface area (Å²) in [7, 11) is 0. The van der Waals surface area contributed by atoms with Crippen LogP contribution in [-0.2, 0) is 20.9 Å². The molecule has 1 aromatic heterocycles. The fourth-order valence-electron chi connectivity index (χ4n) is 1.71. The van der Waals surface area contributed by atoms with Crippen molar-refractivity contribution < 1.29 is 19.1 Å². The van der Waals surface area contributed by atoms with Crippen LogP contribution in [0.2, 0.25) is 10.0 Å². The van der Waals surface area contributed by atoms with E-state index < -0.39 is 12.1 Å². The third kappa shape index (κ3) is 5.70. The number of carbonyl (C=O) groups is 2. The van der Waals surface area contributed by atoms with Crippen LogP contribution in [0, 0.1) is 0 Å². The van der Waals surface area contributed by atoms with Crippen molar-refractivity contribution in [3.05, 3.63) is 50.6 Å². The van der Waals surface area contributed by atoms with E-state index in [1.165, 1.54) is 24.3 Å². The lowest BCUT2D eigenvalue weighted by Crippen LogP contribution is -2.32. The summed E-state index contributed by atoms with van der Waals surface area (Å²) in [6, 6.07) is 8.46. The largest absolute Gasteiger partial charge is 0.477 e. The highest BCUT2D eigenvalue weighted by Gasteiger charge is 2.19. The van der Waals surface area contributed by atoms with Crippen LogP contribution < -0.4 is 10.1 Å². The highest BCUT2D eigenvalue weighted by Crippen LogP contribution is 2.28. The maximum Gasteiger partial charge on any atom is 0.347 e. The van der Waals surface area contributed by atoms with E-state index in [1.54, 1.807) is 12.1 Å². The van der Waals surface area contributed by atoms with Gasteiger partial charge >= 0.3 is 5.97 Å². The lowest BCUT2D eigenvalue weighted by atomic mass is 10.3. The molecule has 2 rings (SSSR count). The zero-order valence-electron chi connectivity index (χ0n) is 12.8. The molecule has 24 heavy (non-hydrogen) atoms. The smallest absolute Gasteiger partial charge is 0.347 e. The first-order valence-electron chi connectivity index (χ1n) is 7.03. The standard InChI is InChI=1S/C16H15Cl2NO4S/c1-10(23-14-5-4-11(17)7-13(14)18)16(21)22-9-15(20)19-8-12-3-2-6-24-12/h2-7,10H,8-9H2,1H3,(H,19,20). The Morgan fingerprint density at radius 3 is 2.75 bits per heavy atom. The van der Waals surface area contributed by atoms with Crippen molar-refractivity contribution in [2.24, 2.45) is 0 Å². The molecule has 128 valence electrons. The SMILES string of the molecule is CC(Oc1ccc(Cl)cc1Cl)C(=O)OCC(=O)NCc1cccs1. The van der Waals surface area contributed by atoms with Crippen molar-refractivity contribution in [1.29, 1.82) is 0 Å². The maximum absolute atomic E-state index is 11.9. The Hall–Kier alpha value is -1.76. The van der Waals surface area contributed by atoms with E-state index >= 15 is 0 Å². The summed E-state index contributed by atoms with van der Waals surface area (Å²) < 4.78 is 10.3. The fourth-order valence-corrected chi connectivity index (χ4v) is 2.81. The van der Waals surface area contributed by atoms with Gasteiger partial charge in [0.2, 0.25) is 0 Å². The number of carbonyl (C=O) groups excluding carboxylic acids is 2. The number of hydrogen-bond donors (Lipinski definition) is 1. The number of thiophene rings is 1. The van der Waals surface area contributed by atoms with Crippen molar-refractivity contribution in [1.82, 2.24) is 5.32 Å². The van der Waals surface area contributed by atoms with Crippen LogP contribution in [0.25, 0.3) is 0 Å². The average Bonchev–Trinajstić information content (AvgIpc) is 3.06. The van der Waals surface area contributed by atoms with Crippen LogP contribution in [0.1, 0.15) is 11.8 Å². The van der Waals surface area contributed by atoms with Gasteiger partial charge in [0.15, 0.2) is 12.7 Å². The summed E-state index contributed by atoms with van der Waals surface area (Å²) in [4.78, 5) is 24.5. The van der Waals surface area contributed by atoms with Gasteiger partial charge in [-0.05, 0) is 36.6 Å². The van der Waals surface area contributed by atoms with E-state index in [1.807, 2.05) is 17.5 Å². The molecule has 0 bridgehead atoms. The van der Waals surface area contributed by atoms with E-state index in [9.17, 15) is 9.59 Å². The second kappa shape index (κ2) is 8.92. The third-order valence-corrected chi connectivity index (χ3v) is 4.32. The Labute approximate surface area is 153 Å². The molecule has 0 aliphatic heterocycles. The zero-order chi connectivity index (χ0) is 17.5. The topological polar surface area (TPSA) is 64.6 Å². The minimum atomic E-state index is -0.909. The molecule has 0 saturated heterocycles. The molecule has 1 heterocycles. The number of nitrogens with one attached hydrogen (secondary N) is 1. The molecule has 0 saturated carbocycles. The lowest BCUT2D eigenvalue weighted by Gasteiger charge is -2.15. The molecular formula is C16H15Cl2NO4S. The lowest BCUT2D eigenvalue weighted by molar-refractivity contribution is -0.154. The summed E-state index contributed by atoms with van der Waals surface area (Å²) in [6.07, 6.45) is -0.909. The average molecular weight is 388 g/mol. The molecule has 1 aromatic carbocycles. The van der Waals surface area contributed by atoms with E-state index in [0.29, 0.717) is 17.3 Å². The predicted octanol–water partition coefficient (Wildman–Crippen LogP) is 3.68. The molecule has 1 unspecified atom stereocenters. The minimum Gasteiger partial charge on any atom is -0.477 e. The number of hydrogen-bond acceptors (Lipinski definition) is 5. The molecule has 0 aliphatic rings. The number of ether oxygens (including phenoxy) is 2. The predicted molar refractivity (Wildman–Crippen MR) is 93.7 cm³/mol. The molecule has 1 N–H and O–H groups in total. The van der Waals surface area contributed by atoms with Gasteiger partial charge in [0, 0.05) is 9.90 Å². The van der Waals surface area contributed by atoms with Crippen molar-refractivity contribution in [3.8, 4) is 5.75 Å². The summed E-state index contributed by atoms with van der Waals surface area (Å²) in [6.45, 7) is 1.55. The Bertz CT molecular complexity index is 706. The first-order valence-corrected chi connectivity index (χ1v) is 8.66. The summed E-state index contributed by atoms with van der Waals surface area (Å²) in [5.74, 6) is -0.728. The van der Waals surface area contributed by atoms with Crippen LogP contribution in [0.4, 0.5) is 0 Å². The maximum atomic E-state index is 11.9. The quantitative estimate of drug-likeness (QED) is 0.735. The van der Waals surface area contributed by atoms with Crippen molar-refractivity contribution in [2.45, 2.75) is 19.6 Å². The second-order valence-corrected chi connectivity index (χ2v) is 6.67. The number of halogens is 2. The first-order chi connectivity index (χ1) is 11.5. The van der Waals surface area contributed by atoms with Crippen LogP contribution >= 0.6 is 34.5 Å². The van der Waals surface area contributed by atoms with E-state index in [-0.39, 0.29) is 17.5 Å². The second-order valence-electron chi connectivity index (χ2n) is 4.80. The molecule has 5 nitrogen and oxygen atoms in total. The monoisotopic (exact) mass is 387 g/mol. The molecule has 1 atom stereocenters. The summed E-state index contributed by atoms with van der Waals surface area (Å²) >= 11 is 13.3. The van der Waals surface area contributed by atoms with Gasteiger partial charge in [-0.15, -0.1) is 11.3 Å². The Kier molecular flexibility index (Phi) is 6.90. The van der Waals surface area contributed by atoms with Crippen LogP contribution in [-0.4, -0.2) is 24.6 Å². The molecule has 0 fully saturated rings. The van der Waals surface area contributed by atoms with Gasteiger partial charge in [-0.3, -0.25) is 4.79 Å². The molecule has 2 aromatic rings. The number of benzene rings is 1. The third-order valence-electron chi connectivity index (χ3n) is 2.92. The Morgan fingerprint density at radius 1 is 1.29 bits per heavy atom. The molecule has 1 amide bonds. The summed E-state index contributed by atoms with van der Waals surface area (Å²) in [5, 5.41) is 5.33. The van der Waals surface area contributed by atoms with E-state index in [4.69, 9.17) is 32.7 Å². The number of amides is 1. The van der Waals surface area contributed by atoms with Crippen molar-refractivity contribution in [3.63, 3.8) is 0 Å². The van der Waals surface area contributed by atoms with Crippen molar-refractivity contribution >= 4 is 46.4 Å². The molecule has 0 aliphatic carbocycles. The Morgan fingerprint density at radius 2 is 2.08 bits per heavy atom. The van der Waals surface area contributed by atoms with Gasteiger partial charge in [0.1, 0.15) is 5.75 Å². The van der Waals surface area contributed by atoms with Crippen LogP contribution in [0.3, 0.4) is 0 Å². The van der Waals surface area contributed by atoms with Gasteiger partial charge in [-0.25, -0.2) is 4.79 Å². The van der Waals surface area contributed by atoms with Crippen LogP contribution in [0.5, 0.6) is 5.75 Å². The van der Waals surface area contributed by atoms with Crippen LogP contribution in [0.15, 0.2) is 35.7 Å². The summed E-state index contributed by atoms with van der Waals surface area (Å²) in [5.41, 5.74) is 0. The number of esters is 1. The van der Waals surface area contributed by atoms with Gasteiger partial charge < -0.3 is 14.8 Å². The van der Waals surface area contributed by atoms with Gasteiger partial charge in [0.05, 0.1) is 11.6 Å². The van der Waals surface area contributed by atoms with E-state index in [0.717, 1.165) is 4.88 Å². The molecule has 0 radical (unpaired) electrons.